The molecule has 0 bridgehead atoms. The Bertz CT molecular complexity index is 648. The van der Waals surface area contributed by atoms with Gasteiger partial charge in [-0.2, -0.15) is 0 Å². The van der Waals surface area contributed by atoms with Crippen molar-refractivity contribution < 1.29 is 9.18 Å². The average molecular weight is 330 g/mol. The third kappa shape index (κ3) is 5.38. The zero-order chi connectivity index (χ0) is 17.5. The summed E-state index contributed by atoms with van der Waals surface area (Å²) in [6, 6.07) is 6.36. The number of amides is 1. The Hall–Kier alpha value is -2.34. The minimum Gasteiger partial charge on any atom is -0.342 e. The van der Waals surface area contributed by atoms with Gasteiger partial charge in [0, 0.05) is 44.6 Å². The molecule has 0 aliphatic rings. The van der Waals surface area contributed by atoms with Gasteiger partial charge in [-0.15, -0.1) is 0 Å². The predicted octanol–water partition coefficient (Wildman–Crippen LogP) is 2.14. The Kier molecular flexibility index (Phi) is 6.37. The number of aromatic nitrogens is 2. The van der Waals surface area contributed by atoms with Crippen LogP contribution in [0.4, 0.5) is 4.39 Å². The van der Waals surface area contributed by atoms with E-state index in [9.17, 15) is 9.18 Å². The summed E-state index contributed by atoms with van der Waals surface area (Å²) >= 11 is 0. The summed E-state index contributed by atoms with van der Waals surface area (Å²) in [5.41, 5.74) is 1.84. The molecule has 2 rings (SSSR count). The van der Waals surface area contributed by atoms with Gasteiger partial charge < -0.3 is 4.90 Å². The van der Waals surface area contributed by atoms with Crippen molar-refractivity contribution in [2.24, 2.45) is 0 Å². The Labute approximate surface area is 142 Å². The number of carbonyl (C=O) groups excluding carboxylic acids is 1. The Morgan fingerprint density at radius 3 is 2.54 bits per heavy atom. The van der Waals surface area contributed by atoms with Gasteiger partial charge in [0.05, 0.1) is 12.2 Å². The standard InChI is InChI=1S/C18H23FN4O/c1-14(10-17-11-20-8-9-21-17)23(3)18(24)13-22(2)12-15-4-6-16(19)7-5-15/h4-9,11,14H,10,12-13H2,1-3H3/t14-/m1/s1. The lowest BCUT2D eigenvalue weighted by atomic mass is 10.1. The average Bonchev–Trinajstić information content (AvgIpc) is 2.57. The molecule has 1 heterocycles. The van der Waals surface area contributed by atoms with Gasteiger partial charge >= 0.3 is 0 Å². The van der Waals surface area contributed by atoms with E-state index in [-0.39, 0.29) is 17.8 Å². The van der Waals surface area contributed by atoms with Crippen LogP contribution in [-0.4, -0.2) is 52.4 Å². The van der Waals surface area contributed by atoms with Crippen LogP contribution in [0.5, 0.6) is 0 Å². The SMILES string of the molecule is C[C@H](Cc1cnccn1)N(C)C(=O)CN(C)Cc1ccc(F)cc1. The van der Waals surface area contributed by atoms with E-state index in [1.807, 2.05) is 18.9 Å². The van der Waals surface area contributed by atoms with E-state index in [4.69, 9.17) is 0 Å². The van der Waals surface area contributed by atoms with E-state index < -0.39 is 0 Å². The molecule has 1 aromatic carbocycles. The van der Waals surface area contributed by atoms with Gasteiger partial charge in [-0.3, -0.25) is 19.7 Å². The van der Waals surface area contributed by atoms with Gasteiger partial charge in [0.1, 0.15) is 5.82 Å². The van der Waals surface area contributed by atoms with Crippen LogP contribution < -0.4 is 0 Å². The molecule has 2 aromatic rings. The summed E-state index contributed by atoms with van der Waals surface area (Å²) < 4.78 is 12.9. The summed E-state index contributed by atoms with van der Waals surface area (Å²) in [6.07, 6.45) is 5.67. The molecule has 0 aliphatic heterocycles. The zero-order valence-electron chi connectivity index (χ0n) is 14.3. The molecule has 0 aliphatic carbocycles. The van der Waals surface area contributed by atoms with Gasteiger partial charge in [-0.25, -0.2) is 4.39 Å². The Balaban J connectivity index is 1.84. The van der Waals surface area contributed by atoms with Crippen molar-refractivity contribution >= 4 is 5.91 Å². The van der Waals surface area contributed by atoms with Crippen LogP contribution in [0.25, 0.3) is 0 Å². The summed E-state index contributed by atoms with van der Waals surface area (Å²) in [4.78, 5) is 24.4. The first-order chi connectivity index (χ1) is 11.5. The smallest absolute Gasteiger partial charge is 0.236 e. The summed E-state index contributed by atoms with van der Waals surface area (Å²) in [5.74, 6) is -0.217. The molecule has 1 aromatic heterocycles. The molecule has 128 valence electrons. The van der Waals surface area contributed by atoms with Crippen molar-refractivity contribution in [2.45, 2.75) is 25.9 Å². The second kappa shape index (κ2) is 8.49. The van der Waals surface area contributed by atoms with Crippen molar-refractivity contribution in [1.82, 2.24) is 19.8 Å². The van der Waals surface area contributed by atoms with Crippen molar-refractivity contribution in [1.29, 1.82) is 0 Å². The third-order valence-electron chi connectivity index (χ3n) is 3.95. The third-order valence-corrected chi connectivity index (χ3v) is 3.95. The lowest BCUT2D eigenvalue weighted by Crippen LogP contribution is -2.42. The molecule has 0 saturated heterocycles. The molecule has 0 N–H and O–H groups in total. The van der Waals surface area contributed by atoms with E-state index in [0.717, 1.165) is 11.3 Å². The van der Waals surface area contributed by atoms with E-state index in [1.54, 1.807) is 42.7 Å². The lowest BCUT2D eigenvalue weighted by Gasteiger charge is -2.27. The molecular weight excluding hydrogens is 307 g/mol. The number of benzene rings is 1. The van der Waals surface area contributed by atoms with Crippen molar-refractivity contribution in [3.63, 3.8) is 0 Å². The van der Waals surface area contributed by atoms with Crippen LogP contribution in [0.2, 0.25) is 0 Å². The van der Waals surface area contributed by atoms with Crippen molar-refractivity contribution in [2.75, 3.05) is 20.6 Å². The molecule has 6 heteroatoms. The minimum atomic E-state index is -0.255. The molecule has 0 spiro atoms. The fraction of sp³-hybridized carbons (Fsp3) is 0.389. The highest BCUT2D eigenvalue weighted by Crippen LogP contribution is 2.08. The van der Waals surface area contributed by atoms with Gasteiger partial charge in [0.2, 0.25) is 5.91 Å². The normalized spacial score (nSPS) is 12.2. The predicted molar refractivity (Wildman–Crippen MR) is 90.7 cm³/mol. The Morgan fingerprint density at radius 2 is 1.92 bits per heavy atom. The number of carbonyl (C=O) groups is 1. The number of likely N-dealkylation sites (N-methyl/N-ethyl adjacent to an activating group) is 2. The number of halogens is 1. The van der Waals surface area contributed by atoms with E-state index in [0.29, 0.717) is 19.5 Å². The molecule has 24 heavy (non-hydrogen) atoms. The molecule has 1 amide bonds. The summed E-state index contributed by atoms with van der Waals surface area (Å²) in [5, 5.41) is 0. The lowest BCUT2D eigenvalue weighted by molar-refractivity contribution is -0.132. The second-order valence-electron chi connectivity index (χ2n) is 6.05. The fourth-order valence-electron chi connectivity index (χ4n) is 2.42. The highest BCUT2D eigenvalue weighted by Gasteiger charge is 2.18. The van der Waals surface area contributed by atoms with Gasteiger partial charge in [-0.1, -0.05) is 12.1 Å². The minimum absolute atomic E-state index is 0.0356. The number of hydrogen-bond donors (Lipinski definition) is 0. The zero-order valence-corrected chi connectivity index (χ0v) is 14.3. The largest absolute Gasteiger partial charge is 0.342 e. The molecule has 5 nitrogen and oxygen atoms in total. The van der Waals surface area contributed by atoms with Crippen molar-refractivity contribution in [3.8, 4) is 0 Å². The first-order valence-corrected chi connectivity index (χ1v) is 7.89. The van der Waals surface area contributed by atoms with Crippen LogP contribution in [0.15, 0.2) is 42.9 Å². The van der Waals surface area contributed by atoms with Crippen molar-refractivity contribution in [3.05, 3.63) is 59.9 Å². The van der Waals surface area contributed by atoms with Gasteiger partial charge in [0.25, 0.3) is 0 Å². The number of hydrogen-bond acceptors (Lipinski definition) is 4. The Morgan fingerprint density at radius 1 is 1.21 bits per heavy atom. The maximum atomic E-state index is 12.9. The van der Waals surface area contributed by atoms with Gasteiger partial charge in [0.15, 0.2) is 0 Å². The molecule has 1 atom stereocenters. The summed E-state index contributed by atoms with van der Waals surface area (Å²) in [7, 11) is 3.68. The van der Waals surface area contributed by atoms with Crippen LogP contribution in [0, 0.1) is 5.82 Å². The second-order valence-corrected chi connectivity index (χ2v) is 6.05. The number of rotatable bonds is 7. The van der Waals surface area contributed by atoms with Crippen LogP contribution in [0.3, 0.4) is 0 Å². The highest BCUT2D eigenvalue weighted by molar-refractivity contribution is 5.78. The van der Waals surface area contributed by atoms with Gasteiger partial charge in [-0.05, 0) is 31.7 Å². The topological polar surface area (TPSA) is 49.3 Å². The fourth-order valence-corrected chi connectivity index (χ4v) is 2.42. The summed E-state index contributed by atoms with van der Waals surface area (Å²) in [6.45, 7) is 2.89. The molecule has 0 unspecified atom stereocenters. The van der Waals surface area contributed by atoms with Crippen LogP contribution in [0.1, 0.15) is 18.2 Å². The first kappa shape index (κ1) is 18.0. The van der Waals surface area contributed by atoms with E-state index in [2.05, 4.69) is 9.97 Å². The van der Waals surface area contributed by atoms with Crippen LogP contribution in [-0.2, 0) is 17.8 Å². The maximum Gasteiger partial charge on any atom is 0.236 e. The van der Waals surface area contributed by atoms with E-state index in [1.165, 1.54) is 12.1 Å². The first-order valence-electron chi connectivity index (χ1n) is 7.89. The number of nitrogens with zero attached hydrogens (tertiary/aromatic N) is 4. The molecule has 0 fully saturated rings. The van der Waals surface area contributed by atoms with Crippen LogP contribution >= 0.6 is 0 Å². The molecule has 0 saturated carbocycles. The highest BCUT2D eigenvalue weighted by atomic mass is 19.1. The molecular formula is C18H23FN4O. The quantitative estimate of drug-likeness (QED) is 0.780. The monoisotopic (exact) mass is 330 g/mol. The maximum absolute atomic E-state index is 12.9. The molecule has 0 radical (unpaired) electrons. The van der Waals surface area contributed by atoms with E-state index >= 15 is 0 Å².